The summed E-state index contributed by atoms with van der Waals surface area (Å²) in [7, 11) is 6.04. The van der Waals surface area contributed by atoms with Crippen LogP contribution in [0.5, 0.6) is 5.75 Å². The highest BCUT2D eigenvalue weighted by Crippen LogP contribution is 2.28. The predicted molar refractivity (Wildman–Crippen MR) is 106 cm³/mol. The Hall–Kier alpha value is -2.32. The third-order valence-electron chi connectivity index (χ3n) is 4.91. The van der Waals surface area contributed by atoms with Crippen LogP contribution in [0.1, 0.15) is 30.0 Å². The minimum Gasteiger partial charge on any atom is -0.497 e. The fourth-order valence-electron chi connectivity index (χ4n) is 3.57. The third kappa shape index (κ3) is 4.21. The molecule has 1 unspecified atom stereocenters. The normalized spacial score (nSPS) is 12.5. The predicted octanol–water partition coefficient (Wildman–Crippen LogP) is 5.47. The summed E-state index contributed by atoms with van der Waals surface area (Å²) in [4.78, 5) is 2.30. The summed E-state index contributed by atoms with van der Waals surface area (Å²) < 4.78 is 5.39. The van der Waals surface area contributed by atoms with Crippen molar-refractivity contribution in [2.45, 2.75) is 25.3 Å². The van der Waals surface area contributed by atoms with Crippen molar-refractivity contribution in [2.75, 3.05) is 21.2 Å². The number of hydrogen-bond donors (Lipinski definition) is 0. The Balaban J connectivity index is 1.71. The first-order valence-corrected chi connectivity index (χ1v) is 8.96. The molecule has 0 amide bonds. The van der Waals surface area contributed by atoms with Gasteiger partial charge < -0.3 is 9.64 Å². The number of fused-ring (bicyclic) bond motifs is 1. The number of ether oxygens (including phenoxy) is 1. The van der Waals surface area contributed by atoms with Gasteiger partial charge in [0.05, 0.1) is 7.11 Å². The summed E-state index contributed by atoms with van der Waals surface area (Å²) in [5, 5.41) is 2.71. The summed E-state index contributed by atoms with van der Waals surface area (Å²) in [5.74, 6) is 0.929. The van der Waals surface area contributed by atoms with Crippen molar-refractivity contribution in [1.29, 1.82) is 0 Å². The lowest BCUT2D eigenvalue weighted by atomic mass is 9.96. The van der Waals surface area contributed by atoms with Crippen molar-refractivity contribution >= 4 is 10.8 Å². The van der Waals surface area contributed by atoms with E-state index < -0.39 is 0 Å². The van der Waals surface area contributed by atoms with Crippen molar-refractivity contribution in [3.63, 3.8) is 0 Å². The van der Waals surface area contributed by atoms with Gasteiger partial charge in [-0.05, 0) is 67.4 Å². The minimum atomic E-state index is 0.407. The van der Waals surface area contributed by atoms with E-state index in [9.17, 15) is 0 Å². The van der Waals surface area contributed by atoms with E-state index in [-0.39, 0.29) is 0 Å². The lowest BCUT2D eigenvalue weighted by molar-refractivity contribution is 0.278. The van der Waals surface area contributed by atoms with Gasteiger partial charge >= 0.3 is 0 Å². The Kier molecular flexibility index (Phi) is 5.72. The maximum Gasteiger partial charge on any atom is 0.119 e. The molecular formula is C23H27NO. The van der Waals surface area contributed by atoms with Gasteiger partial charge in [-0.3, -0.25) is 0 Å². The van der Waals surface area contributed by atoms with Gasteiger partial charge in [-0.25, -0.2) is 0 Å². The molecule has 0 bridgehead atoms. The molecule has 0 aliphatic rings. The molecular weight excluding hydrogens is 306 g/mol. The molecule has 0 aliphatic heterocycles. The van der Waals surface area contributed by atoms with Gasteiger partial charge in [0.1, 0.15) is 5.75 Å². The van der Waals surface area contributed by atoms with Crippen molar-refractivity contribution in [3.05, 3.63) is 77.9 Å². The number of methoxy groups -OCH3 is 1. The number of hydrogen-bond acceptors (Lipinski definition) is 2. The number of aryl methyl sites for hydroxylation is 1. The molecule has 3 aromatic rings. The zero-order chi connectivity index (χ0) is 17.6. The summed E-state index contributed by atoms with van der Waals surface area (Å²) in [6.45, 7) is 0. The highest BCUT2D eigenvalue weighted by molar-refractivity contribution is 5.85. The number of benzene rings is 3. The summed E-state index contributed by atoms with van der Waals surface area (Å²) in [6, 6.07) is 24.1. The van der Waals surface area contributed by atoms with Crippen LogP contribution in [0.2, 0.25) is 0 Å². The molecule has 0 N–H and O–H groups in total. The third-order valence-corrected chi connectivity index (χ3v) is 4.91. The first kappa shape index (κ1) is 17.5. The highest BCUT2D eigenvalue weighted by atomic mass is 16.5. The van der Waals surface area contributed by atoms with Gasteiger partial charge in [0.15, 0.2) is 0 Å². The number of nitrogens with zero attached hydrogens (tertiary/aromatic N) is 1. The summed E-state index contributed by atoms with van der Waals surface area (Å²) in [6.07, 6.45) is 3.40. The monoisotopic (exact) mass is 333 g/mol. The average Bonchev–Trinajstić information content (AvgIpc) is 2.65. The van der Waals surface area contributed by atoms with Crippen LogP contribution in [-0.2, 0) is 6.42 Å². The SMILES string of the molecule is COc1cccc(C(CCCc2cccc3ccccc23)N(C)C)c1. The standard InChI is InChI=1S/C23H27NO/c1-24(2)23(20-13-7-14-21(17-20)25-3)16-8-12-19-11-6-10-18-9-4-5-15-22(18)19/h4-7,9-11,13-15,17,23H,8,12,16H2,1-3H3. The Morgan fingerprint density at radius 1 is 0.920 bits per heavy atom. The maximum absolute atomic E-state index is 5.39. The van der Waals surface area contributed by atoms with E-state index in [0.717, 1.165) is 25.0 Å². The Morgan fingerprint density at radius 2 is 1.68 bits per heavy atom. The molecule has 0 aliphatic carbocycles. The molecule has 0 saturated heterocycles. The van der Waals surface area contributed by atoms with Crippen LogP contribution < -0.4 is 4.74 Å². The molecule has 1 atom stereocenters. The summed E-state index contributed by atoms with van der Waals surface area (Å²) in [5.41, 5.74) is 2.77. The second-order valence-electron chi connectivity index (χ2n) is 6.79. The second-order valence-corrected chi connectivity index (χ2v) is 6.79. The van der Waals surface area contributed by atoms with Crippen LogP contribution in [0, 0.1) is 0 Å². The molecule has 0 heterocycles. The topological polar surface area (TPSA) is 12.5 Å². The average molecular weight is 333 g/mol. The molecule has 0 spiro atoms. The Bertz CT molecular complexity index is 820. The molecule has 2 nitrogen and oxygen atoms in total. The first-order chi connectivity index (χ1) is 12.2. The van der Waals surface area contributed by atoms with E-state index in [0.29, 0.717) is 6.04 Å². The molecule has 0 fully saturated rings. The van der Waals surface area contributed by atoms with Crippen LogP contribution >= 0.6 is 0 Å². The Labute approximate surface area is 151 Å². The highest BCUT2D eigenvalue weighted by Gasteiger charge is 2.14. The molecule has 2 heteroatoms. The van der Waals surface area contributed by atoms with Gasteiger partial charge in [-0.2, -0.15) is 0 Å². The van der Waals surface area contributed by atoms with Crippen LogP contribution in [-0.4, -0.2) is 26.1 Å². The van der Waals surface area contributed by atoms with E-state index in [1.807, 2.05) is 6.07 Å². The first-order valence-electron chi connectivity index (χ1n) is 8.96. The minimum absolute atomic E-state index is 0.407. The molecule has 0 radical (unpaired) electrons. The van der Waals surface area contributed by atoms with E-state index in [4.69, 9.17) is 4.74 Å². The van der Waals surface area contributed by atoms with Crippen LogP contribution in [0.25, 0.3) is 10.8 Å². The van der Waals surface area contributed by atoms with E-state index in [1.54, 1.807) is 7.11 Å². The Morgan fingerprint density at radius 3 is 2.48 bits per heavy atom. The molecule has 130 valence electrons. The smallest absolute Gasteiger partial charge is 0.119 e. The zero-order valence-electron chi connectivity index (χ0n) is 15.4. The molecule has 3 aromatic carbocycles. The quantitative estimate of drug-likeness (QED) is 0.568. The van der Waals surface area contributed by atoms with Crippen molar-refractivity contribution < 1.29 is 4.74 Å². The van der Waals surface area contributed by atoms with Gasteiger partial charge in [0.2, 0.25) is 0 Å². The molecule has 25 heavy (non-hydrogen) atoms. The fraction of sp³-hybridized carbons (Fsp3) is 0.304. The maximum atomic E-state index is 5.39. The molecule has 3 rings (SSSR count). The lowest BCUT2D eigenvalue weighted by Gasteiger charge is -2.25. The second kappa shape index (κ2) is 8.17. The fourth-order valence-corrected chi connectivity index (χ4v) is 3.57. The zero-order valence-corrected chi connectivity index (χ0v) is 15.4. The van der Waals surface area contributed by atoms with Gasteiger partial charge in [0, 0.05) is 6.04 Å². The van der Waals surface area contributed by atoms with Crippen molar-refractivity contribution in [3.8, 4) is 5.75 Å². The molecule has 0 aromatic heterocycles. The van der Waals surface area contributed by atoms with Crippen LogP contribution in [0.3, 0.4) is 0 Å². The summed E-state index contributed by atoms with van der Waals surface area (Å²) >= 11 is 0. The molecule has 0 saturated carbocycles. The van der Waals surface area contributed by atoms with Crippen molar-refractivity contribution in [2.24, 2.45) is 0 Å². The van der Waals surface area contributed by atoms with Gasteiger partial charge in [-0.15, -0.1) is 0 Å². The van der Waals surface area contributed by atoms with E-state index in [1.165, 1.54) is 21.9 Å². The number of rotatable bonds is 7. The van der Waals surface area contributed by atoms with Crippen LogP contribution in [0.4, 0.5) is 0 Å². The van der Waals surface area contributed by atoms with Gasteiger partial charge in [-0.1, -0.05) is 54.6 Å². The van der Waals surface area contributed by atoms with Crippen molar-refractivity contribution in [1.82, 2.24) is 4.90 Å². The van der Waals surface area contributed by atoms with E-state index >= 15 is 0 Å². The van der Waals surface area contributed by atoms with Gasteiger partial charge in [0.25, 0.3) is 0 Å². The van der Waals surface area contributed by atoms with E-state index in [2.05, 4.69) is 79.7 Å². The van der Waals surface area contributed by atoms with Crippen LogP contribution in [0.15, 0.2) is 66.7 Å². The lowest BCUT2D eigenvalue weighted by Crippen LogP contribution is -2.20. The largest absolute Gasteiger partial charge is 0.497 e.